The molecule has 0 saturated heterocycles. The third kappa shape index (κ3) is 6.21. The zero-order valence-electron chi connectivity index (χ0n) is 16.5. The van der Waals surface area contributed by atoms with E-state index in [2.05, 4.69) is 20.6 Å². The zero-order chi connectivity index (χ0) is 20.5. The van der Waals surface area contributed by atoms with Crippen LogP contribution in [0.25, 0.3) is 0 Å². The molecule has 0 aliphatic heterocycles. The summed E-state index contributed by atoms with van der Waals surface area (Å²) in [5, 5.41) is 6.04. The molecule has 0 saturated carbocycles. The summed E-state index contributed by atoms with van der Waals surface area (Å²) < 4.78 is 10.8. The third-order valence-corrected chi connectivity index (χ3v) is 4.10. The van der Waals surface area contributed by atoms with Gasteiger partial charge in [0, 0.05) is 12.6 Å². The van der Waals surface area contributed by atoms with Gasteiger partial charge in [-0.25, -0.2) is 9.97 Å². The van der Waals surface area contributed by atoms with Crippen LogP contribution in [0.2, 0.25) is 0 Å². The SMILES string of the molecule is COc1ccc(OCCNc2cc(C(=O)NCc3ccccc3)nc(C)n2)cc1. The van der Waals surface area contributed by atoms with Gasteiger partial charge in [-0.3, -0.25) is 4.79 Å². The van der Waals surface area contributed by atoms with Crippen molar-refractivity contribution in [1.82, 2.24) is 15.3 Å². The van der Waals surface area contributed by atoms with Crippen molar-refractivity contribution in [3.05, 3.63) is 77.7 Å². The summed E-state index contributed by atoms with van der Waals surface area (Å²) in [6.07, 6.45) is 0. The maximum absolute atomic E-state index is 12.4. The van der Waals surface area contributed by atoms with Gasteiger partial charge in [0.1, 0.15) is 35.4 Å². The predicted molar refractivity (Wildman–Crippen MR) is 111 cm³/mol. The van der Waals surface area contributed by atoms with E-state index in [0.717, 1.165) is 17.1 Å². The summed E-state index contributed by atoms with van der Waals surface area (Å²) in [6, 6.07) is 18.8. The second-order valence-corrected chi connectivity index (χ2v) is 6.30. The Morgan fingerprint density at radius 3 is 2.45 bits per heavy atom. The highest BCUT2D eigenvalue weighted by molar-refractivity contribution is 5.92. The van der Waals surface area contributed by atoms with Crippen molar-refractivity contribution < 1.29 is 14.3 Å². The van der Waals surface area contributed by atoms with Crippen molar-refractivity contribution in [2.24, 2.45) is 0 Å². The fourth-order valence-corrected chi connectivity index (χ4v) is 2.66. The van der Waals surface area contributed by atoms with Gasteiger partial charge in [-0.2, -0.15) is 0 Å². The highest BCUT2D eigenvalue weighted by Gasteiger charge is 2.10. The number of anilines is 1. The van der Waals surface area contributed by atoms with Crippen LogP contribution >= 0.6 is 0 Å². The van der Waals surface area contributed by atoms with E-state index in [-0.39, 0.29) is 5.91 Å². The standard InChI is InChI=1S/C22H24N4O3/c1-16-25-20(22(27)24-15-17-6-4-3-5-7-17)14-21(26-16)23-12-13-29-19-10-8-18(28-2)9-11-19/h3-11,14H,12-13,15H2,1-2H3,(H,24,27)(H,23,25,26). The molecule has 3 rings (SSSR count). The Morgan fingerprint density at radius 1 is 1.00 bits per heavy atom. The van der Waals surface area contributed by atoms with Crippen molar-refractivity contribution in [3.63, 3.8) is 0 Å². The van der Waals surface area contributed by atoms with E-state index in [4.69, 9.17) is 9.47 Å². The molecule has 0 spiro atoms. The number of nitrogens with one attached hydrogen (secondary N) is 2. The lowest BCUT2D eigenvalue weighted by Gasteiger charge is -2.10. The number of nitrogens with zero attached hydrogens (tertiary/aromatic N) is 2. The smallest absolute Gasteiger partial charge is 0.270 e. The lowest BCUT2D eigenvalue weighted by atomic mass is 10.2. The van der Waals surface area contributed by atoms with E-state index in [1.165, 1.54) is 0 Å². The summed E-state index contributed by atoms with van der Waals surface area (Å²) in [5.41, 5.74) is 1.35. The Morgan fingerprint density at radius 2 is 1.72 bits per heavy atom. The van der Waals surface area contributed by atoms with Crippen LogP contribution in [0.15, 0.2) is 60.7 Å². The van der Waals surface area contributed by atoms with Gasteiger partial charge in [-0.05, 0) is 36.8 Å². The highest BCUT2D eigenvalue weighted by Crippen LogP contribution is 2.16. The molecule has 29 heavy (non-hydrogen) atoms. The first kappa shape index (κ1) is 20.1. The number of hydrogen-bond acceptors (Lipinski definition) is 6. The van der Waals surface area contributed by atoms with E-state index in [9.17, 15) is 4.79 Å². The first-order valence-corrected chi connectivity index (χ1v) is 9.32. The molecular weight excluding hydrogens is 368 g/mol. The average Bonchev–Trinajstić information content (AvgIpc) is 2.76. The number of methoxy groups -OCH3 is 1. The number of hydrogen-bond donors (Lipinski definition) is 2. The van der Waals surface area contributed by atoms with E-state index in [0.29, 0.717) is 37.0 Å². The minimum Gasteiger partial charge on any atom is -0.497 e. The summed E-state index contributed by atoms with van der Waals surface area (Å²) in [6.45, 7) is 3.19. The van der Waals surface area contributed by atoms with Crippen molar-refractivity contribution in [2.45, 2.75) is 13.5 Å². The van der Waals surface area contributed by atoms with Crippen LogP contribution in [0.4, 0.5) is 5.82 Å². The molecule has 3 aromatic rings. The Kier molecular flexibility index (Phi) is 7.00. The van der Waals surface area contributed by atoms with Crippen molar-refractivity contribution in [3.8, 4) is 11.5 Å². The first-order valence-electron chi connectivity index (χ1n) is 9.32. The molecule has 2 N–H and O–H groups in total. The molecule has 1 aromatic heterocycles. The number of rotatable bonds is 9. The first-order chi connectivity index (χ1) is 14.1. The molecule has 0 radical (unpaired) electrons. The Hall–Kier alpha value is -3.61. The molecule has 2 aromatic carbocycles. The maximum atomic E-state index is 12.4. The molecule has 1 amide bonds. The van der Waals surface area contributed by atoms with Gasteiger partial charge in [-0.1, -0.05) is 30.3 Å². The van der Waals surface area contributed by atoms with E-state index in [1.807, 2.05) is 54.6 Å². The average molecular weight is 392 g/mol. The molecule has 7 heteroatoms. The monoisotopic (exact) mass is 392 g/mol. The predicted octanol–water partition coefficient (Wildman–Crippen LogP) is 3.21. The Labute approximate surface area is 170 Å². The molecule has 0 bridgehead atoms. The van der Waals surface area contributed by atoms with Crippen LogP contribution in [0.5, 0.6) is 11.5 Å². The van der Waals surface area contributed by atoms with Crippen LogP contribution < -0.4 is 20.1 Å². The third-order valence-electron chi connectivity index (χ3n) is 4.10. The lowest BCUT2D eigenvalue weighted by molar-refractivity contribution is 0.0945. The molecular formula is C22H24N4O3. The Bertz CT molecular complexity index is 931. The molecule has 0 atom stereocenters. The summed E-state index contributed by atoms with van der Waals surface area (Å²) in [4.78, 5) is 21.0. The number of ether oxygens (including phenoxy) is 2. The molecule has 1 heterocycles. The van der Waals surface area contributed by atoms with Crippen LogP contribution in [0, 0.1) is 6.92 Å². The van der Waals surface area contributed by atoms with E-state index >= 15 is 0 Å². The Balaban J connectivity index is 1.50. The number of amides is 1. The number of carbonyl (C=O) groups excluding carboxylic acids is 1. The minimum absolute atomic E-state index is 0.239. The largest absolute Gasteiger partial charge is 0.497 e. The molecule has 0 unspecified atom stereocenters. The van der Waals surface area contributed by atoms with Crippen LogP contribution in [0.1, 0.15) is 21.9 Å². The van der Waals surface area contributed by atoms with E-state index in [1.54, 1.807) is 20.1 Å². The second-order valence-electron chi connectivity index (χ2n) is 6.30. The minimum atomic E-state index is -0.239. The number of aryl methyl sites for hydroxylation is 1. The molecule has 7 nitrogen and oxygen atoms in total. The maximum Gasteiger partial charge on any atom is 0.270 e. The van der Waals surface area contributed by atoms with Gasteiger partial charge in [0.2, 0.25) is 0 Å². The summed E-state index contributed by atoms with van der Waals surface area (Å²) in [5.74, 6) is 2.41. The quantitative estimate of drug-likeness (QED) is 0.544. The highest BCUT2D eigenvalue weighted by atomic mass is 16.5. The lowest BCUT2D eigenvalue weighted by Crippen LogP contribution is -2.24. The number of carbonyl (C=O) groups is 1. The van der Waals surface area contributed by atoms with Crippen LogP contribution in [0.3, 0.4) is 0 Å². The van der Waals surface area contributed by atoms with E-state index < -0.39 is 0 Å². The number of benzene rings is 2. The van der Waals surface area contributed by atoms with Crippen molar-refractivity contribution >= 4 is 11.7 Å². The molecule has 0 aliphatic carbocycles. The second kappa shape index (κ2) is 10.1. The van der Waals surface area contributed by atoms with Gasteiger partial charge in [0.05, 0.1) is 13.7 Å². The topological polar surface area (TPSA) is 85.4 Å². The molecule has 0 fully saturated rings. The zero-order valence-corrected chi connectivity index (χ0v) is 16.5. The fraction of sp³-hybridized carbons (Fsp3) is 0.227. The normalized spacial score (nSPS) is 10.3. The van der Waals surface area contributed by atoms with Crippen molar-refractivity contribution in [1.29, 1.82) is 0 Å². The summed E-state index contributed by atoms with van der Waals surface area (Å²) >= 11 is 0. The van der Waals surface area contributed by atoms with Gasteiger partial charge < -0.3 is 20.1 Å². The number of aromatic nitrogens is 2. The van der Waals surface area contributed by atoms with Crippen LogP contribution in [-0.4, -0.2) is 36.1 Å². The van der Waals surface area contributed by atoms with Gasteiger partial charge in [-0.15, -0.1) is 0 Å². The van der Waals surface area contributed by atoms with Crippen molar-refractivity contribution in [2.75, 3.05) is 25.6 Å². The van der Waals surface area contributed by atoms with Gasteiger partial charge >= 0.3 is 0 Å². The van der Waals surface area contributed by atoms with Gasteiger partial charge in [0.25, 0.3) is 5.91 Å². The molecule has 150 valence electrons. The summed E-state index contributed by atoms with van der Waals surface area (Å²) in [7, 11) is 1.62. The molecule has 0 aliphatic rings. The van der Waals surface area contributed by atoms with Crippen LogP contribution in [-0.2, 0) is 6.54 Å². The van der Waals surface area contributed by atoms with Gasteiger partial charge in [0.15, 0.2) is 0 Å². The fourth-order valence-electron chi connectivity index (χ4n) is 2.66.